The number of fused-ring (bicyclic) bond motifs is 1. The second-order valence-electron chi connectivity index (χ2n) is 7.12. The van der Waals surface area contributed by atoms with E-state index in [0.29, 0.717) is 26.2 Å². The maximum absolute atomic E-state index is 12.8. The monoisotopic (exact) mass is 450 g/mol. The summed E-state index contributed by atoms with van der Waals surface area (Å²) < 4.78 is 13.3. The van der Waals surface area contributed by atoms with Crippen molar-refractivity contribution >= 4 is 28.3 Å². The molecule has 32 heavy (non-hydrogen) atoms. The van der Waals surface area contributed by atoms with Crippen molar-refractivity contribution in [2.24, 2.45) is 0 Å². The Bertz CT molecular complexity index is 1190. The van der Waals surface area contributed by atoms with Crippen molar-refractivity contribution in [3.8, 4) is 22.2 Å². The fraction of sp³-hybridized carbons (Fsp3) is 0.292. The van der Waals surface area contributed by atoms with Crippen molar-refractivity contribution in [2.45, 2.75) is 26.8 Å². The summed E-state index contributed by atoms with van der Waals surface area (Å²) in [5.74, 6) is 2.17. The molecule has 0 saturated heterocycles. The number of para-hydroxylation sites is 2. The number of imidazole rings is 1. The number of ether oxygens (including phenoxy) is 2. The topological polar surface area (TPSA) is 78.3 Å². The van der Waals surface area contributed by atoms with Gasteiger partial charge in [0.15, 0.2) is 17.3 Å². The van der Waals surface area contributed by atoms with Crippen LogP contribution in [-0.2, 0) is 17.8 Å². The molecule has 2 aromatic carbocycles. The molecule has 0 aliphatic carbocycles. The molecular formula is C24H26N4O3S. The van der Waals surface area contributed by atoms with Gasteiger partial charge in [0.25, 0.3) is 0 Å². The highest BCUT2D eigenvalue weighted by Gasteiger charge is 2.16. The van der Waals surface area contributed by atoms with Gasteiger partial charge in [0, 0.05) is 12.7 Å². The summed E-state index contributed by atoms with van der Waals surface area (Å²) in [4.78, 5) is 22.6. The molecule has 0 saturated carbocycles. The van der Waals surface area contributed by atoms with Crippen LogP contribution in [0.3, 0.4) is 0 Å². The first-order chi connectivity index (χ1) is 15.7. The number of nitrogens with one attached hydrogen (secondary N) is 1. The van der Waals surface area contributed by atoms with Crippen LogP contribution in [0.4, 0.5) is 0 Å². The third-order valence-corrected chi connectivity index (χ3v) is 5.72. The first-order valence-corrected chi connectivity index (χ1v) is 11.6. The SMILES string of the molecule is CCOc1ccc(CCNC(=O)Cn2c(-c3cncs3)nc3ccccc32)cc1OCC. The van der Waals surface area contributed by atoms with Crippen LogP contribution < -0.4 is 14.8 Å². The Morgan fingerprint density at radius 1 is 1.09 bits per heavy atom. The number of rotatable bonds is 10. The van der Waals surface area contributed by atoms with Gasteiger partial charge in [-0.25, -0.2) is 4.98 Å². The molecule has 0 aliphatic rings. The number of carbonyl (C=O) groups is 1. The number of benzene rings is 2. The minimum absolute atomic E-state index is 0.0603. The lowest BCUT2D eigenvalue weighted by molar-refractivity contribution is -0.121. The smallest absolute Gasteiger partial charge is 0.240 e. The molecule has 4 rings (SSSR count). The molecule has 0 atom stereocenters. The molecule has 0 unspecified atom stereocenters. The first-order valence-electron chi connectivity index (χ1n) is 10.7. The molecule has 8 heteroatoms. The van der Waals surface area contributed by atoms with Crippen molar-refractivity contribution < 1.29 is 14.3 Å². The Balaban J connectivity index is 1.42. The maximum atomic E-state index is 12.8. The minimum atomic E-state index is -0.0603. The molecule has 4 aromatic rings. The number of amides is 1. The summed E-state index contributed by atoms with van der Waals surface area (Å²) >= 11 is 1.51. The molecule has 166 valence electrons. The second-order valence-corrected chi connectivity index (χ2v) is 8.01. The Kier molecular flexibility index (Phi) is 7.01. The lowest BCUT2D eigenvalue weighted by Gasteiger charge is -2.13. The molecule has 1 N–H and O–H groups in total. The number of thiazole rings is 1. The van der Waals surface area contributed by atoms with Gasteiger partial charge < -0.3 is 19.4 Å². The normalized spacial score (nSPS) is 10.9. The van der Waals surface area contributed by atoms with Gasteiger partial charge in [-0.1, -0.05) is 18.2 Å². The van der Waals surface area contributed by atoms with Gasteiger partial charge in [0.05, 0.1) is 34.6 Å². The number of nitrogens with zero attached hydrogens (tertiary/aromatic N) is 3. The summed E-state index contributed by atoms with van der Waals surface area (Å²) in [6, 6.07) is 13.7. The van der Waals surface area contributed by atoms with Gasteiger partial charge in [-0.05, 0) is 50.1 Å². The fourth-order valence-electron chi connectivity index (χ4n) is 3.55. The Hall–Kier alpha value is -3.39. The zero-order valence-corrected chi connectivity index (χ0v) is 19.0. The third-order valence-electron chi connectivity index (χ3n) is 4.95. The average Bonchev–Trinajstić information content (AvgIpc) is 3.44. The van der Waals surface area contributed by atoms with Crippen LogP contribution in [0, 0.1) is 0 Å². The van der Waals surface area contributed by atoms with E-state index in [0.717, 1.165) is 38.8 Å². The predicted molar refractivity (Wildman–Crippen MR) is 126 cm³/mol. The van der Waals surface area contributed by atoms with Crippen LogP contribution in [0.15, 0.2) is 54.2 Å². The summed E-state index contributed by atoms with van der Waals surface area (Å²) in [5, 5.41) is 3.03. The molecule has 0 radical (unpaired) electrons. The summed E-state index contributed by atoms with van der Waals surface area (Å²) in [6.45, 7) is 5.78. The molecule has 7 nitrogen and oxygen atoms in total. The fourth-order valence-corrected chi connectivity index (χ4v) is 4.16. The van der Waals surface area contributed by atoms with E-state index in [1.807, 2.05) is 60.9 Å². The number of carbonyl (C=O) groups excluding carboxylic acids is 1. The Morgan fingerprint density at radius 3 is 2.69 bits per heavy atom. The quantitative estimate of drug-likeness (QED) is 0.389. The maximum Gasteiger partial charge on any atom is 0.240 e. The van der Waals surface area contributed by atoms with E-state index in [1.165, 1.54) is 11.3 Å². The van der Waals surface area contributed by atoms with E-state index in [-0.39, 0.29) is 12.5 Å². The van der Waals surface area contributed by atoms with Gasteiger partial charge >= 0.3 is 0 Å². The van der Waals surface area contributed by atoms with Crippen LogP contribution in [-0.4, -0.2) is 40.2 Å². The van der Waals surface area contributed by atoms with Crippen LogP contribution in [0.2, 0.25) is 0 Å². The van der Waals surface area contributed by atoms with E-state index in [2.05, 4.69) is 10.3 Å². The molecule has 0 spiro atoms. The Morgan fingerprint density at radius 2 is 1.91 bits per heavy atom. The summed E-state index contributed by atoms with van der Waals surface area (Å²) in [7, 11) is 0. The predicted octanol–water partition coefficient (Wildman–Crippen LogP) is 4.32. The van der Waals surface area contributed by atoms with Crippen molar-refractivity contribution in [3.05, 3.63) is 59.7 Å². The van der Waals surface area contributed by atoms with Crippen molar-refractivity contribution in [3.63, 3.8) is 0 Å². The summed E-state index contributed by atoms with van der Waals surface area (Å²) in [6.07, 6.45) is 2.48. The van der Waals surface area contributed by atoms with E-state index in [9.17, 15) is 4.79 Å². The van der Waals surface area contributed by atoms with Crippen molar-refractivity contribution in [1.29, 1.82) is 0 Å². The molecular weight excluding hydrogens is 424 g/mol. The number of hydrogen-bond acceptors (Lipinski definition) is 6. The lowest BCUT2D eigenvalue weighted by atomic mass is 10.1. The van der Waals surface area contributed by atoms with E-state index in [1.54, 1.807) is 11.7 Å². The van der Waals surface area contributed by atoms with Gasteiger partial charge in [-0.2, -0.15) is 0 Å². The molecule has 0 fully saturated rings. The first kappa shape index (κ1) is 21.8. The average molecular weight is 451 g/mol. The zero-order chi connectivity index (χ0) is 22.3. The van der Waals surface area contributed by atoms with Crippen LogP contribution in [0.5, 0.6) is 11.5 Å². The van der Waals surface area contributed by atoms with Gasteiger partial charge in [0.1, 0.15) is 6.54 Å². The van der Waals surface area contributed by atoms with Gasteiger partial charge in [-0.15, -0.1) is 11.3 Å². The molecule has 0 aliphatic heterocycles. The molecule has 1 amide bonds. The standard InChI is InChI=1S/C24H26N4O3S/c1-3-30-20-10-9-17(13-21(20)31-4-2)11-12-26-23(29)15-28-19-8-6-5-7-18(19)27-24(28)22-14-25-16-32-22/h5-10,13-14,16H,3-4,11-12,15H2,1-2H3,(H,26,29). The van der Waals surface area contributed by atoms with E-state index >= 15 is 0 Å². The highest BCUT2D eigenvalue weighted by Crippen LogP contribution is 2.29. The second kappa shape index (κ2) is 10.3. The molecule has 2 aromatic heterocycles. The molecule has 0 bridgehead atoms. The van der Waals surface area contributed by atoms with E-state index in [4.69, 9.17) is 14.5 Å². The van der Waals surface area contributed by atoms with Gasteiger partial charge in [0.2, 0.25) is 5.91 Å². The van der Waals surface area contributed by atoms with Crippen LogP contribution in [0.25, 0.3) is 21.7 Å². The van der Waals surface area contributed by atoms with Gasteiger partial charge in [-0.3, -0.25) is 9.78 Å². The van der Waals surface area contributed by atoms with Crippen LogP contribution >= 0.6 is 11.3 Å². The number of hydrogen-bond donors (Lipinski definition) is 1. The van der Waals surface area contributed by atoms with Crippen molar-refractivity contribution in [1.82, 2.24) is 19.9 Å². The van der Waals surface area contributed by atoms with E-state index < -0.39 is 0 Å². The highest BCUT2D eigenvalue weighted by atomic mass is 32.1. The lowest BCUT2D eigenvalue weighted by Crippen LogP contribution is -2.29. The highest BCUT2D eigenvalue weighted by molar-refractivity contribution is 7.13. The minimum Gasteiger partial charge on any atom is -0.490 e. The molecule has 2 heterocycles. The summed E-state index contributed by atoms with van der Waals surface area (Å²) in [5.41, 5.74) is 4.64. The van der Waals surface area contributed by atoms with Crippen molar-refractivity contribution in [2.75, 3.05) is 19.8 Å². The third kappa shape index (κ3) is 4.91. The number of aromatic nitrogens is 3. The zero-order valence-electron chi connectivity index (χ0n) is 18.2. The largest absolute Gasteiger partial charge is 0.490 e. The van der Waals surface area contributed by atoms with Crippen LogP contribution in [0.1, 0.15) is 19.4 Å². The Labute approximate surface area is 191 Å².